The highest BCUT2D eigenvalue weighted by Crippen LogP contribution is 2.37. The van der Waals surface area contributed by atoms with Crippen molar-refractivity contribution in [2.45, 2.75) is 46.0 Å². The number of allylic oxidation sites excluding steroid dienone is 2. The number of carbonyl (C=O) groups is 1. The van der Waals surface area contributed by atoms with Crippen molar-refractivity contribution in [3.05, 3.63) is 11.6 Å². The molecular formula is C10H19O4P. The van der Waals surface area contributed by atoms with Gasteiger partial charge >= 0.3 is 7.60 Å². The van der Waals surface area contributed by atoms with Gasteiger partial charge in [0.2, 0.25) is 5.52 Å². The normalized spacial score (nSPS) is 11.2. The van der Waals surface area contributed by atoms with Gasteiger partial charge in [-0.3, -0.25) is 9.36 Å². The average molecular weight is 234 g/mol. The van der Waals surface area contributed by atoms with Crippen molar-refractivity contribution < 1.29 is 19.1 Å². The van der Waals surface area contributed by atoms with Gasteiger partial charge in [-0.15, -0.1) is 0 Å². The summed E-state index contributed by atoms with van der Waals surface area (Å²) >= 11 is 0. The van der Waals surface area contributed by atoms with Crippen molar-refractivity contribution in [1.82, 2.24) is 0 Å². The maximum atomic E-state index is 11.0. The quantitative estimate of drug-likeness (QED) is 0.524. The Morgan fingerprint density at radius 2 is 1.67 bits per heavy atom. The van der Waals surface area contributed by atoms with E-state index in [2.05, 4.69) is 0 Å². The van der Waals surface area contributed by atoms with E-state index in [1.54, 1.807) is 6.08 Å². The van der Waals surface area contributed by atoms with Crippen LogP contribution in [0.3, 0.4) is 0 Å². The molecule has 15 heavy (non-hydrogen) atoms. The Kier molecular flexibility index (Phi) is 6.73. The first-order valence-electron chi connectivity index (χ1n) is 5.18. The molecule has 0 bridgehead atoms. The van der Waals surface area contributed by atoms with E-state index in [9.17, 15) is 9.36 Å². The van der Waals surface area contributed by atoms with Crippen molar-refractivity contribution in [2.24, 2.45) is 0 Å². The molecule has 0 rings (SSSR count). The lowest BCUT2D eigenvalue weighted by molar-refractivity contribution is -0.112. The predicted octanol–water partition coefficient (Wildman–Crippen LogP) is 2.61. The van der Waals surface area contributed by atoms with Crippen molar-refractivity contribution in [3.63, 3.8) is 0 Å². The summed E-state index contributed by atoms with van der Waals surface area (Å²) in [6, 6.07) is 0. The fourth-order valence-corrected chi connectivity index (χ4v) is 1.65. The average Bonchev–Trinajstić information content (AvgIpc) is 2.12. The lowest BCUT2D eigenvalue weighted by Crippen LogP contribution is -1.97. The second-order valence-electron chi connectivity index (χ2n) is 3.50. The Labute approximate surface area is 90.5 Å². The topological polar surface area (TPSA) is 74.6 Å². The fourth-order valence-electron chi connectivity index (χ4n) is 1.32. The zero-order valence-electron chi connectivity index (χ0n) is 9.27. The van der Waals surface area contributed by atoms with Gasteiger partial charge in [0.15, 0.2) is 0 Å². The van der Waals surface area contributed by atoms with Crippen molar-refractivity contribution >= 4 is 13.1 Å². The molecule has 4 nitrogen and oxygen atoms in total. The summed E-state index contributed by atoms with van der Waals surface area (Å²) in [5, 5.41) is 0. The first-order valence-corrected chi connectivity index (χ1v) is 6.79. The molecule has 2 N–H and O–H groups in total. The first-order chi connectivity index (χ1) is 6.91. The van der Waals surface area contributed by atoms with Gasteiger partial charge in [0.05, 0.1) is 0 Å². The molecule has 0 aromatic carbocycles. The maximum Gasteiger partial charge on any atom is 0.391 e. The fraction of sp³-hybridized carbons (Fsp3) is 0.700. The van der Waals surface area contributed by atoms with E-state index in [0.717, 1.165) is 31.3 Å². The Bertz CT molecular complexity index is 269. The summed E-state index contributed by atoms with van der Waals surface area (Å²) in [6.07, 6.45) is 5.25. The van der Waals surface area contributed by atoms with Gasteiger partial charge in [-0.05, 0) is 12.8 Å². The smallest absolute Gasteiger partial charge is 0.319 e. The Morgan fingerprint density at radius 1 is 1.20 bits per heavy atom. The molecule has 0 heterocycles. The van der Waals surface area contributed by atoms with Crippen LogP contribution in [0.5, 0.6) is 0 Å². The third kappa shape index (κ3) is 6.61. The van der Waals surface area contributed by atoms with Gasteiger partial charge in [0, 0.05) is 6.42 Å². The van der Waals surface area contributed by atoms with E-state index < -0.39 is 13.1 Å². The largest absolute Gasteiger partial charge is 0.391 e. The van der Waals surface area contributed by atoms with Crippen LogP contribution in [0.2, 0.25) is 0 Å². The molecular weight excluding hydrogens is 215 g/mol. The minimum atomic E-state index is -4.53. The zero-order valence-corrected chi connectivity index (χ0v) is 10.2. The van der Waals surface area contributed by atoms with E-state index in [4.69, 9.17) is 9.79 Å². The molecule has 0 aromatic rings. The highest BCUT2D eigenvalue weighted by Gasteiger charge is 2.23. The molecule has 5 heteroatoms. The van der Waals surface area contributed by atoms with Crippen LogP contribution in [0, 0.1) is 0 Å². The van der Waals surface area contributed by atoms with Gasteiger partial charge in [-0.25, -0.2) is 0 Å². The Balaban J connectivity index is 4.32. The summed E-state index contributed by atoms with van der Waals surface area (Å²) in [4.78, 5) is 28.2. The molecule has 0 atom stereocenters. The lowest BCUT2D eigenvalue weighted by Gasteiger charge is -2.04. The highest BCUT2D eigenvalue weighted by atomic mass is 31.2. The number of rotatable bonds is 7. The van der Waals surface area contributed by atoms with Crippen molar-refractivity contribution in [2.75, 3.05) is 0 Å². The number of carbonyl (C=O) groups excluding carboxylic acids is 1. The Morgan fingerprint density at radius 3 is 2.00 bits per heavy atom. The van der Waals surface area contributed by atoms with E-state index in [0.29, 0.717) is 0 Å². The van der Waals surface area contributed by atoms with Crippen LogP contribution in [0.4, 0.5) is 0 Å². The summed E-state index contributed by atoms with van der Waals surface area (Å²) in [5.74, 6) is 0. The molecule has 0 saturated carbocycles. The van der Waals surface area contributed by atoms with Crippen LogP contribution < -0.4 is 0 Å². The third-order valence-electron chi connectivity index (χ3n) is 2.03. The Hall–Kier alpha value is -0.440. The second kappa shape index (κ2) is 6.94. The SMILES string of the molecule is CCCC(=CCC(=O)P(=O)(O)O)CCC. The van der Waals surface area contributed by atoms with Gasteiger partial charge in [0.1, 0.15) is 0 Å². The van der Waals surface area contributed by atoms with Gasteiger partial charge in [-0.2, -0.15) is 0 Å². The van der Waals surface area contributed by atoms with Crippen LogP contribution in [-0.2, 0) is 9.36 Å². The minimum Gasteiger partial charge on any atom is -0.319 e. The minimum absolute atomic E-state index is 0.153. The van der Waals surface area contributed by atoms with Gasteiger partial charge < -0.3 is 9.79 Å². The van der Waals surface area contributed by atoms with Gasteiger partial charge in [-0.1, -0.05) is 38.3 Å². The predicted molar refractivity (Wildman–Crippen MR) is 59.6 cm³/mol. The van der Waals surface area contributed by atoms with Crippen molar-refractivity contribution in [1.29, 1.82) is 0 Å². The highest BCUT2D eigenvalue weighted by molar-refractivity contribution is 7.70. The second-order valence-corrected chi connectivity index (χ2v) is 5.09. The molecule has 0 amide bonds. The molecule has 0 aliphatic heterocycles. The molecule has 0 aromatic heterocycles. The molecule has 0 spiro atoms. The van der Waals surface area contributed by atoms with E-state index >= 15 is 0 Å². The summed E-state index contributed by atoms with van der Waals surface area (Å²) in [7, 11) is -4.53. The number of hydrogen-bond acceptors (Lipinski definition) is 2. The van der Waals surface area contributed by atoms with Crippen LogP contribution in [-0.4, -0.2) is 15.3 Å². The number of hydrogen-bond donors (Lipinski definition) is 2. The van der Waals surface area contributed by atoms with Crippen LogP contribution in [0.1, 0.15) is 46.0 Å². The van der Waals surface area contributed by atoms with E-state index in [1.165, 1.54) is 0 Å². The monoisotopic (exact) mass is 234 g/mol. The standard InChI is InChI=1S/C10H19O4P/c1-3-5-9(6-4-2)7-8-10(11)15(12,13)14/h7H,3-6,8H2,1-2H3,(H2,12,13,14). The maximum absolute atomic E-state index is 11.0. The summed E-state index contributed by atoms with van der Waals surface area (Å²) < 4.78 is 10.6. The lowest BCUT2D eigenvalue weighted by atomic mass is 10.0. The summed E-state index contributed by atoms with van der Waals surface area (Å²) in [5.41, 5.74) is 0.119. The zero-order chi connectivity index (χ0) is 11.9. The molecule has 0 fully saturated rings. The first kappa shape index (κ1) is 14.6. The van der Waals surface area contributed by atoms with E-state index in [-0.39, 0.29) is 6.42 Å². The molecule has 0 saturated heterocycles. The van der Waals surface area contributed by atoms with E-state index in [1.807, 2.05) is 13.8 Å². The van der Waals surface area contributed by atoms with Crippen LogP contribution >= 0.6 is 7.60 Å². The molecule has 0 radical (unpaired) electrons. The van der Waals surface area contributed by atoms with Gasteiger partial charge in [0.25, 0.3) is 0 Å². The molecule has 0 aliphatic carbocycles. The molecule has 0 unspecified atom stereocenters. The van der Waals surface area contributed by atoms with Crippen LogP contribution in [0.25, 0.3) is 0 Å². The molecule has 0 aliphatic rings. The van der Waals surface area contributed by atoms with Crippen molar-refractivity contribution in [3.8, 4) is 0 Å². The third-order valence-corrected chi connectivity index (χ3v) is 2.86. The molecule has 88 valence electrons. The summed E-state index contributed by atoms with van der Waals surface area (Å²) in [6.45, 7) is 4.07. The van der Waals surface area contributed by atoms with Crippen LogP contribution in [0.15, 0.2) is 11.6 Å².